The number of hydrogen-bond acceptors (Lipinski definition) is 4. The van der Waals surface area contributed by atoms with Gasteiger partial charge in [-0.15, -0.1) is 0 Å². The summed E-state index contributed by atoms with van der Waals surface area (Å²) in [7, 11) is 0. The van der Waals surface area contributed by atoms with Gasteiger partial charge in [0.15, 0.2) is 11.6 Å². The first-order valence-corrected chi connectivity index (χ1v) is 10.8. The first-order chi connectivity index (χ1) is 14.7. The molecule has 0 atom stereocenters. The lowest BCUT2D eigenvalue weighted by Gasteiger charge is -2.22. The van der Waals surface area contributed by atoms with Gasteiger partial charge in [-0.1, -0.05) is 49.4 Å². The SMILES string of the molecule is CCCOc1cccnc1NC(=O)CCN(Cc1cccc2ccccc12)C1CC1. The van der Waals surface area contributed by atoms with Gasteiger partial charge in [-0.05, 0) is 47.7 Å². The number of rotatable bonds is 10. The average Bonchev–Trinajstić information content (AvgIpc) is 3.61. The fraction of sp³-hybridized carbons (Fsp3) is 0.360. The van der Waals surface area contributed by atoms with E-state index >= 15 is 0 Å². The lowest BCUT2D eigenvalue weighted by Crippen LogP contribution is -2.29. The second-order valence-electron chi connectivity index (χ2n) is 7.84. The second kappa shape index (κ2) is 9.72. The van der Waals surface area contributed by atoms with Crippen molar-refractivity contribution in [1.82, 2.24) is 9.88 Å². The Labute approximate surface area is 178 Å². The highest BCUT2D eigenvalue weighted by molar-refractivity contribution is 5.91. The Kier molecular flexibility index (Phi) is 6.60. The van der Waals surface area contributed by atoms with Gasteiger partial charge < -0.3 is 10.1 Å². The van der Waals surface area contributed by atoms with Crippen molar-refractivity contribution >= 4 is 22.5 Å². The van der Waals surface area contributed by atoms with Crippen LogP contribution in [0.4, 0.5) is 5.82 Å². The maximum Gasteiger partial charge on any atom is 0.226 e. The van der Waals surface area contributed by atoms with E-state index in [1.807, 2.05) is 12.1 Å². The van der Waals surface area contributed by atoms with Crippen molar-refractivity contribution in [1.29, 1.82) is 0 Å². The normalized spacial score (nSPS) is 13.5. The molecule has 1 heterocycles. The van der Waals surface area contributed by atoms with Crippen LogP contribution in [0.3, 0.4) is 0 Å². The third-order valence-corrected chi connectivity index (χ3v) is 5.43. The van der Waals surface area contributed by atoms with Crippen LogP contribution in [0.5, 0.6) is 5.75 Å². The maximum atomic E-state index is 12.6. The van der Waals surface area contributed by atoms with Crippen LogP contribution in [-0.4, -0.2) is 35.0 Å². The Morgan fingerprint density at radius 2 is 1.97 bits per heavy atom. The lowest BCUT2D eigenvalue weighted by atomic mass is 10.0. The van der Waals surface area contributed by atoms with Gasteiger partial charge in [0.25, 0.3) is 0 Å². The van der Waals surface area contributed by atoms with Crippen LogP contribution in [0.15, 0.2) is 60.8 Å². The van der Waals surface area contributed by atoms with Crippen LogP contribution in [0.1, 0.15) is 38.2 Å². The van der Waals surface area contributed by atoms with Gasteiger partial charge in [0, 0.05) is 31.7 Å². The molecular formula is C25H29N3O2. The molecule has 1 fully saturated rings. The van der Waals surface area contributed by atoms with Crippen molar-refractivity contribution in [2.75, 3.05) is 18.5 Å². The smallest absolute Gasteiger partial charge is 0.226 e. The molecule has 3 aromatic rings. The van der Waals surface area contributed by atoms with Gasteiger partial charge in [0.05, 0.1) is 6.61 Å². The van der Waals surface area contributed by atoms with Crippen LogP contribution in [-0.2, 0) is 11.3 Å². The zero-order chi connectivity index (χ0) is 20.8. The predicted octanol–water partition coefficient (Wildman–Crippen LogP) is 5.02. The molecule has 4 rings (SSSR count). The minimum Gasteiger partial charge on any atom is -0.490 e. The Balaban J connectivity index is 1.38. The van der Waals surface area contributed by atoms with Crippen LogP contribution >= 0.6 is 0 Å². The van der Waals surface area contributed by atoms with Crippen molar-refractivity contribution in [3.63, 3.8) is 0 Å². The number of hydrogen-bond donors (Lipinski definition) is 1. The highest BCUT2D eigenvalue weighted by Gasteiger charge is 2.29. The number of benzene rings is 2. The number of carbonyl (C=O) groups is 1. The Hall–Kier alpha value is -2.92. The van der Waals surface area contributed by atoms with E-state index in [1.54, 1.807) is 6.20 Å². The summed E-state index contributed by atoms with van der Waals surface area (Å²) in [5.74, 6) is 1.10. The molecule has 5 nitrogen and oxygen atoms in total. The zero-order valence-electron chi connectivity index (χ0n) is 17.5. The Bertz CT molecular complexity index is 995. The molecule has 0 bridgehead atoms. The quantitative estimate of drug-likeness (QED) is 0.517. The highest BCUT2D eigenvalue weighted by atomic mass is 16.5. The van der Waals surface area contributed by atoms with E-state index in [4.69, 9.17) is 4.74 Å². The fourth-order valence-corrected chi connectivity index (χ4v) is 3.73. The third-order valence-electron chi connectivity index (χ3n) is 5.43. The van der Waals surface area contributed by atoms with Crippen molar-refractivity contribution in [3.05, 3.63) is 66.4 Å². The fourth-order valence-electron chi connectivity index (χ4n) is 3.73. The minimum atomic E-state index is -0.0291. The van der Waals surface area contributed by atoms with Gasteiger partial charge in [-0.25, -0.2) is 4.98 Å². The van der Waals surface area contributed by atoms with Crippen molar-refractivity contribution in [2.24, 2.45) is 0 Å². The Morgan fingerprint density at radius 1 is 1.13 bits per heavy atom. The monoisotopic (exact) mass is 403 g/mol. The van der Waals surface area contributed by atoms with Gasteiger partial charge >= 0.3 is 0 Å². The van der Waals surface area contributed by atoms with Crippen molar-refractivity contribution < 1.29 is 9.53 Å². The van der Waals surface area contributed by atoms with Gasteiger partial charge in [-0.2, -0.15) is 0 Å². The van der Waals surface area contributed by atoms with Crippen LogP contribution in [0.2, 0.25) is 0 Å². The number of fused-ring (bicyclic) bond motifs is 1. The molecule has 0 aliphatic heterocycles. The molecule has 0 unspecified atom stereocenters. The molecule has 1 aromatic heterocycles. The third kappa shape index (κ3) is 5.16. The predicted molar refractivity (Wildman–Crippen MR) is 121 cm³/mol. The number of nitrogens with one attached hydrogen (secondary N) is 1. The molecular weight excluding hydrogens is 374 g/mol. The van der Waals surface area contributed by atoms with Crippen molar-refractivity contribution in [2.45, 2.75) is 45.2 Å². The highest BCUT2D eigenvalue weighted by Crippen LogP contribution is 2.30. The second-order valence-corrected chi connectivity index (χ2v) is 7.84. The van der Waals surface area contributed by atoms with Crippen molar-refractivity contribution in [3.8, 4) is 5.75 Å². The summed E-state index contributed by atoms with van der Waals surface area (Å²) in [5, 5.41) is 5.48. The topological polar surface area (TPSA) is 54.5 Å². The summed E-state index contributed by atoms with van der Waals surface area (Å²) >= 11 is 0. The van der Waals surface area contributed by atoms with Gasteiger partial charge in [-0.3, -0.25) is 9.69 Å². The van der Waals surface area contributed by atoms with Crippen LogP contribution < -0.4 is 10.1 Å². The molecule has 156 valence electrons. The molecule has 30 heavy (non-hydrogen) atoms. The number of ether oxygens (including phenoxy) is 1. The van der Waals surface area contributed by atoms with E-state index in [-0.39, 0.29) is 5.91 Å². The lowest BCUT2D eigenvalue weighted by molar-refractivity contribution is -0.116. The van der Waals surface area contributed by atoms with E-state index in [0.29, 0.717) is 30.6 Å². The summed E-state index contributed by atoms with van der Waals surface area (Å²) in [6, 6.07) is 19.2. The molecule has 0 saturated heterocycles. The average molecular weight is 404 g/mol. The first kappa shape index (κ1) is 20.4. The van der Waals surface area contributed by atoms with E-state index in [9.17, 15) is 4.79 Å². The molecule has 1 aliphatic carbocycles. The van der Waals surface area contributed by atoms with E-state index in [1.165, 1.54) is 29.2 Å². The number of nitrogens with zero attached hydrogens (tertiary/aromatic N) is 2. The maximum absolute atomic E-state index is 12.6. The summed E-state index contributed by atoms with van der Waals surface area (Å²) in [5.41, 5.74) is 1.32. The largest absolute Gasteiger partial charge is 0.490 e. The number of pyridine rings is 1. The zero-order valence-corrected chi connectivity index (χ0v) is 17.5. The molecule has 1 saturated carbocycles. The number of amides is 1. The molecule has 2 aromatic carbocycles. The molecule has 1 amide bonds. The summed E-state index contributed by atoms with van der Waals surface area (Å²) < 4.78 is 5.69. The molecule has 5 heteroatoms. The number of carbonyl (C=O) groups excluding carboxylic acids is 1. The van der Waals surface area contributed by atoms with Crippen LogP contribution in [0, 0.1) is 0 Å². The van der Waals surface area contributed by atoms with Gasteiger partial charge in [0.1, 0.15) is 0 Å². The summed E-state index contributed by atoms with van der Waals surface area (Å²) in [4.78, 5) is 19.3. The van der Waals surface area contributed by atoms with E-state index in [2.05, 4.69) is 64.6 Å². The van der Waals surface area contributed by atoms with Gasteiger partial charge in [0.2, 0.25) is 5.91 Å². The molecule has 1 aliphatic rings. The van der Waals surface area contributed by atoms with E-state index in [0.717, 1.165) is 19.5 Å². The molecule has 0 spiro atoms. The molecule has 1 N–H and O–H groups in total. The first-order valence-electron chi connectivity index (χ1n) is 10.8. The van der Waals surface area contributed by atoms with Crippen LogP contribution in [0.25, 0.3) is 10.8 Å². The summed E-state index contributed by atoms with van der Waals surface area (Å²) in [6.07, 6.45) is 5.44. The Morgan fingerprint density at radius 3 is 2.80 bits per heavy atom. The minimum absolute atomic E-state index is 0.0291. The standard InChI is InChI=1S/C25H29N3O2/c1-2-17-30-23-11-6-15-26-25(23)27-24(29)14-16-28(21-12-13-21)18-20-9-5-8-19-7-3-4-10-22(19)20/h3-11,15,21H,2,12-14,16-18H2,1H3,(H,26,27,29). The summed E-state index contributed by atoms with van der Waals surface area (Å²) in [6.45, 7) is 4.26. The number of aromatic nitrogens is 1. The van der Waals surface area contributed by atoms with E-state index < -0.39 is 0 Å². The molecule has 0 radical (unpaired) electrons. The number of anilines is 1.